The van der Waals surface area contributed by atoms with Gasteiger partial charge in [0.05, 0.1) is 12.3 Å². The lowest BCUT2D eigenvalue weighted by atomic mass is 10.3. The molecular weight excluding hydrogens is 242 g/mol. The molecule has 1 rings (SSSR count). The van der Waals surface area contributed by atoms with Crippen LogP contribution in [0.3, 0.4) is 0 Å². The third kappa shape index (κ3) is 3.74. The SMILES string of the molecule is COCC(C)NS(=O)(=O)c1cccnc1CN. The molecule has 6 nitrogen and oxygen atoms in total. The van der Waals surface area contributed by atoms with Crippen LogP contribution in [0.4, 0.5) is 0 Å². The predicted molar refractivity (Wildman–Crippen MR) is 63.8 cm³/mol. The molecular formula is C10H17N3O3S. The van der Waals surface area contributed by atoms with Crippen molar-refractivity contribution in [2.75, 3.05) is 13.7 Å². The number of nitrogens with two attached hydrogens (primary N) is 1. The molecule has 1 unspecified atom stereocenters. The summed E-state index contributed by atoms with van der Waals surface area (Å²) in [5.41, 5.74) is 5.81. The van der Waals surface area contributed by atoms with E-state index in [0.29, 0.717) is 12.3 Å². The Hall–Kier alpha value is -1.02. The number of hydrogen-bond donors (Lipinski definition) is 2. The van der Waals surface area contributed by atoms with Gasteiger partial charge >= 0.3 is 0 Å². The van der Waals surface area contributed by atoms with Crippen molar-refractivity contribution < 1.29 is 13.2 Å². The largest absolute Gasteiger partial charge is 0.383 e. The third-order valence-corrected chi connectivity index (χ3v) is 3.77. The maximum absolute atomic E-state index is 12.0. The summed E-state index contributed by atoms with van der Waals surface area (Å²) in [5.74, 6) is 0. The van der Waals surface area contributed by atoms with Crippen molar-refractivity contribution in [2.24, 2.45) is 5.73 Å². The van der Waals surface area contributed by atoms with Gasteiger partial charge in [-0.1, -0.05) is 0 Å². The summed E-state index contributed by atoms with van der Waals surface area (Å²) in [4.78, 5) is 4.06. The summed E-state index contributed by atoms with van der Waals surface area (Å²) >= 11 is 0. The van der Waals surface area contributed by atoms with E-state index in [9.17, 15) is 8.42 Å². The Bertz CT molecular complexity index is 462. The highest BCUT2D eigenvalue weighted by atomic mass is 32.2. The van der Waals surface area contributed by atoms with E-state index >= 15 is 0 Å². The molecule has 0 aliphatic rings. The van der Waals surface area contributed by atoms with Gasteiger partial charge in [0.15, 0.2) is 0 Å². The van der Waals surface area contributed by atoms with Crippen LogP contribution in [0.2, 0.25) is 0 Å². The smallest absolute Gasteiger partial charge is 0.242 e. The number of rotatable bonds is 6. The average Bonchev–Trinajstić information content (AvgIpc) is 2.28. The molecule has 0 spiro atoms. The van der Waals surface area contributed by atoms with Gasteiger partial charge < -0.3 is 10.5 Å². The van der Waals surface area contributed by atoms with Crippen molar-refractivity contribution >= 4 is 10.0 Å². The standard InChI is InChI=1S/C10H17N3O3S/c1-8(7-16-2)13-17(14,15)10-4-3-5-12-9(10)6-11/h3-5,8,13H,6-7,11H2,1-2H3. The fourth-order valence-electron chi connectivity index (χ4n) is 1.43. The molecule has 0 amide bonds. The summed E-state index contributed by atoms with van der Waals surface area (Å²) in [6, 6.07) is 2.74. The lowest BCUT2D eigenvalue weighted by Crippen LogP contribution is -2.36. The van der Waals surface area contributed by atoms with E-state index in [1.165, 1.54) is 19.4 Å². The molecule has 1 atom stereocenters. The van der Waals surface area contributed by atoms with Crippen LogP contribution in [0, 0.1) is 0 Å². The maximum atomic E-state index is 12.0. The second-order valence-corrected chi connectivity index (χ2v) is 5.31. The molecule has 17 heavy (non-hydrogen) atoms. The van der Waals surface area contributed by atoms with Crippen molar-refractivity contribution in [1.29, 1.82) is 0 Å². The average molecular weight is 259 g/mol. The molecule has 0 fully saturated rings. The van der Waals surface area contributed by atoms with E-state index in [-0.39, 0.29) is 17.5 Å². The monoisotopic (exact) mass is 259 g/mol. The number of sulfonamides is 1. The van der Waals surface area contributed by atoms with E-state index in [1.54, 1.807) is 13.0 Å². The van der Waals surface area contributed by atoms with Gasteiger partial charge in [-0.25, -0.2) is 13.1 Å². The Balaban J connectivity index is 2.97. The zero-order valence-corrected chi connectivity index (χ0v) is 10.7. The first kappa shape index (κ1) is 14.0. The molecule has 0 bridgehead atoms. The first-order valence-electron chi connectivity index (χ1n) is 5.16. The Morgan fingerprint density at radius 3 is 2.88 bits per heavy atom. The van der Waals surface area contributed by atoms with E-state index in [4.69, 9.17) is 10.5 Å². The molecule has 0 aliphatic carbocycles. The highest BCUT2D eigenvalue weighted by Gasteiger charge is 2.20. The number of aromatic nitrogens is 1. The first-order chi connectivity index (χ1) is 8.01. The molecule has 96 valence electrons. The molecule has 0 saturated heterocycles. The van der Waals surface area contributed by atoms with Gasteiger partial charge in [-0.15, -0.1) is 0 Å². The van der Waals surface area contributed by atoms with E-state index < -0.39 is 10.0 Å². The number of nitrogens with zero attached hydrogens (tertiary/aromatic N) is 1. The fourth-order valence-corrected chi connectivity index (χ4v) is 2.86. The highest BCUT2D eigenvalue weighted by Crippen LogP contribution is 2.12. The Labute approximate surface area is 101 Å². The molecule has 0 aliphatic heterocycles. The summed E-state index contributed by atoms with van der Waals surface area (Å²) in [5, 5.41) is 0. The quantitative estimate of drug-likeness (QED) is 0.741. The van der Waals surface area contributed by atoms with Crippen LogP contribution in [0.1, 0.15) is 12.6 Å². The summed E-state index contributed by atoms with van der Waals surface area (Å²) in [6.45, 7) is 2.10. The number of nitrogens with one attached hydrogen (secondary N) is 1. The molecule has 0 aromatic carbocycles. The summed E-state index contributed by atoms with van der Waals surface area (Å²) < 4.78 is 31.4. The zero-order chi connectivity index (χ0) is 12.9. The zero-order valence-electron chi connectivity index (χ0n) is 9.88. The molecule has 7 heteroatoms. The van der Waals surface area contributed by atoms with Gasteiger partial charge in [0.2, 0.25) is 10.0 Å². The van der Waals surface area contributed by atoms with Crippen molar-refractivity contribution in [1.82, 2.24) is 9.71 Å². The van der Waals surface area contributed by atoms with Crippen LogP contribution < -0.4 is 10.5 Å². The second-order valence-electron chi connectivity index (χ2n) is 3.63. The lowest BCUT2D eigenvalue weighted by Gasteiger charge is -2.14. The number of methoxy groups -OCH3 is 1. The van der Waals surface area contributed by atoms with Gasteiger partial charge in [0, 0.05) is 25.9 Å². The number of pyridine rings is 1. The van der Waals surface area contributed by atoms with Crippen LogP contribution in [0.15, 0.2) is 23.2 Å². The molecule has 1 aromatic heterocycles. The third-order valence-electron chi connectivity index (χ3n) is 2.10. The van der Waals surface area contributed by atoms with Crippen LogP contribution in [-0.4, -0.2) is 33.2 Å². The maximum Gasteiger partial charge on any atom is 0.242 e. The van der Waals surface area contributed by atoms with Gasteiger partial charge in [-0.2, -0.15) is 0 Å². The predicted octanol–water partition coefficient (Wildman–Crippen LogP) is -0.146. The van der Waals surface area contributed by atoms with Gasteiger partial charge in [-0.3, -0.25) is 4.98 Å². The van der Waals surface area contributed by atoms with Crippen molar-refractivity contribution in [3.05, 3.63) is 24.0 Å². The van der Waals surface area contributed by atoms with Crippen LogP contribution in [-0.2, 0) is 21.3 Å². The van der Waals surface area contributed by atoms with E-state index in [0.717, 1.165) is 0 Å². The van der Waals surface area contributed by atoms with Gasteiger partial charge in [0.25, 0.3) is 0 Å². The topological polar surface area (TPSA) is 94.3 Å². The van der Waals surface area contributed by atoms with Crippen molar-refractivity contribution in [2.45, 2.75) is 24.4 Å². The lowest BCUT2D eigenvalue weighted by molar-refractivity contribution is 0.180. The second kappa shape index (κ2) is 6.06. The molecule has 1 aromatic rings. The van der Waals surface area contributed by atoms with Crippen LogP contribution >= 0.6 is 0 Å². The van der Waals surface area contributed by atoms with Gasteiger partial charge in [-0.05, 0) is 19.1 Å². The normalized spacial score (nSPS) is 13.6. The van der Waals surface area contributed by atoms with Crippen LogP contribution in [0.25, 0.3) is 0 Å². The molecule has 0 radical (unpaired) electrons. The van der Waals surface area contributed by atoms with E-state index in [2.05, 4.69) is 9.71 Å². The Morgan fingerprint density at radius 1 is 1.59 bits per heavy atom. The van der Waals surface area contributed by atoms with Crippen molar-refractivity contribution in [3.8, 4) is 0 Å². The fraction of sp³-hybridized carbons (Fsp3) is 0.500. The van der Waals surface area contributed by atoms with E-state index in [1.807, 2.05) is 0 Å². The Morgan fingerprint density at radius 2 is 2.29 bits per heavy atom. The van der Waals surface area contributed by atoms with Crippen LogP contribution in [0.5, 0.6) is 0 Å². The van der Waals surface area contributed by atoms with Crippen molar-refractivity contribution in [3.63, 3.8) is 0 Å². The summed E-state index contributed by atoms with van der Waals surface area (Å²) in [7, 11) is -2.08. The number of hydrogen-bond acceptors (Lipinski definition) is 5. The minimum Gasteiger partial charge on any atom is -0.383 e. The number of ether oxygens (including phenoxy) is 1. The molecule has 0 saturated carbocycles. The minimum atomic E-state index is -3.60. The first-order valence-corrected chi connectivity index (χ1v) is 6.64. The molecule has 1 heterocycles. The highest BCUT2D eigenvalue weighted by molar-refractivity contribution is 7.89. The Kier molecular flexibility index (Phi) is 5.01. The summed E-state index contributed by atoms with van der Waals surface area (Å²) in [6.07, 6.45) is 1.51. The van der Waals surface area contributed by atoms with Gasteiger partial charge in [0.1, 0.15) is 4.90 Å². The minimum absolute atomic E-state index is 0.0791. The molecule has 3 N–H and O–H groups in total.